The van der Waals surface area contributed by atoms with Crippen molar-refractivity contribution in [1.82, 2.24) is 19.2 Å². The molecule has 27 heavy (non-hydrogen) atoms. The average molecular weight is 391 g/mol. The summed E-state index contributed by atoms with van der Waals surface area (Å²) in [6.45, 7) is 4.59. The maximum atomic E-state index is 12.7. The number of sulfonamides is 1. The van der Waals surface area contributed by atoms with Gasteiger partial charge in [-0.3, -0.25) is 4.79 Å². The summed E-state index contributed by atoms with van der Waals surface area (Å²) in [6.07, 6.45) is 7.91. The average Bonchev–Trinajstić information content (AvgIpc) is 3.19. The van der Waals surface area contributed by atoms with Crippen LogP contribution in [0.1, 0.15) is 36.5 Å². The molecule has 1 aromatic heterocycles. The first-order valence-corrected chi connectivity index (χ1v) is 10.7. The molecule has 146 valence electrons. The smallest absolute Gasteiger partial charge is 0.251 e. The number of carbonyl (C=O) groups is 1. The first-order valence-electron chi connectivity index (χ1n) is 9.31. The van der Waals surface area contributed by atoms with Gasteiger partial charge in [-0.15, -0.1) is 0 Å². The van der Waals surface area contributed by atoms with Gasteiger partial charge in [-0.25, -0.2) is 13.4 Å². The highest BCUT2D eigenvalue weighted by Crippen LogP contribution is 2.23. The lowest BCUT2D eigenvalue weighted by atomic mass is 10.0. The second-order valence-electron chi connectivity index (χ2n) is 7.02. The molecule has 1 saturated heterocycles. The van der Waals surface area contributed by atoms with Crippen molar-refractivity contribution < 1.29 is 13.2 Å². The summed E-state index contributed by atoms with van der Waals surface area (Å²) < 4.78 is 28.9. The lowest BCUT2D eigenvalue weighted by molar-refractivity contribution is 0.0952. The van der Waals surface area contributed by atoms with Crippen molar-refractivity contribution in [3.8, 4) is 0 Å². The van der Waals surface area contributed by atoms with Crippen LogP contribution in [0.15, 0.2) is 47.9 Å². The van der Waals surface area contributed by atoms with Gasteiger partial charge in [-0.2, -0.15) is 4.31 Å². The molecule has 0 saturated carbocycles. The number of aromatic nitrogens is 2. The van der Waals surface area contributed by atoms with Gasteiger partial charge in [0, 0.05) is 44.1 Å². The third kappa shape index (κ3) is 4.95. The molecule has 1 aromatic carbocycles. The summed E-state index contributed by atoms with van der Waals surface area (Å²) in [4.78, 5) is 16.4. The van der Waals surface area contributed by atoms with Crippen LogP contribution in [0.25, 0.3) is 0 Å². The second-order valence-corrected chi connectivity index (χ2v) is 8.96. The Kier molecular flexibility index (Phi) is 6.28. The standard InChI is InChI=1S/C19H26N4O3S/c1-16-7-12-23(13-8-16)27(25,26)18-5-3-17(4-6-18)19(24)21-9-2-11-22-14-10-20-15-22/h3-6,10,14-16H,2,7-9,11-13H2,1H3,(H,21,24). The molecule has 0 bridgehead atoms. The molecule has 0 atom stereocenters. The van der Waals surface area contributed by atoms with Gasteiger partial charge in [-0.05, 0) is 49.4 Å². The van der Waals surface area contributed by atoms with E-state index in [0.717, 1.165) is 25.8 Å². The van der Waals surface area contributed by atoms with E-state index in [4.69, 9.17) is 0 Å². The van der Waals surface area contributed by atoms with Crippen molar-refractivity contribution in [2.75, 3.05) is 19.6 Å². The number of imidazole rings is 1. The number of amides is 1. The Bertz CT molecular complexity index is 840. The first-order chi connectivity index (χ1) is 13.0. The van der Waals surface area contributed by atoms with Gasteiger partial charge in [0.1, 0.15) is 0 Å². The normalized spacial score (nSPS) is 16.3. The molecule has 0 spiro atoms. The highest BCUT2D eigenvalue weighted by Gasteiger charge is 2.28. The van der Waals surface area contributed by atoms with Crippen molar-refractivity contribution in [1.29, 1.82) is 0 Å². The van der Waals surface area contributed by atoms with Gasteiger partial charge >= 0.3 is 0 Å². The van der Waals surface area contributed by atoms with E-state index >= 15 is 0 Å². The zero-order valence-corrected chi connectivity index (χ0v) is 16.4. The van der Waals surface area contributed by atoms with Crippen LogP contribution in [0, 0.1) is 5.92 Å². The minimum Gasteiger partial charge on any atom is -0.352 e. The Balaban J connectivity index is 1.53. The minimum atomic E-state index is -3.48. The highest BCUT2D eigenvalue weighted by molar-refractivity contribution is 7.89. The maximum Gasteiger partial charge on any atom is 0.251 e. The number of benzene rings is 1. The van der Waals surface area contributed by atoms with E-state index in [-0.39, 0.29) is 10.8 Å². The van der Waals surface area contributed by atoms with Crippen LogP contribution in [-0.2, 0) is 16.6 Å². The summed E-state index contributed by atoms with van der Waals surface area (Å²) in [6, 6.07) is 6.19. The van der Waals surface area contributed by atoms with Crippen LogP contribution in [0.2, 0.25) is 0 Å². The van der Waals surface area contributed by atoms with Gasteiger partial charge in [0.2, 0.25) is 10.0 Å². The van der Waals surface area contributed by atoms with Gasteiger partial charge in [0.05, 0.1) is 11.2 Å². The zero-order valence-electron chi connectivity index (χ0n) is 15.5. The van der Waals surface area contributed by atoms with Crippen LogP contribution in [-0.4, -0.2) is 47.8 Å². The van der Waals surface area contributed by atoms with Gasteiger partial charge < -0.3 is 9.88 Å². The van der Waals surface area contributed by atoms with Gasteiger partial charge in [-0.1, -0.05) is 6.92 Å². The van der Waals surface area contributed by atoms with Crippen molar-refractivity contribution in [3.05, 3.63) is 48.5 Å². The molecule has 1 amide bonds. The van der Waals surface area contributed by atoms with Gasteiger partial charge in [0.25, 0.3) is 5.91 Å². The Morgan fingerprint density at radius 2 is 1.93 bits per heavy atom. The van der Waals surface area contributed by atoms with E-state index in [1.165, 1.54) is 16.4 Å². The summed E-state index contributed by atoms with van der Waals surface area (Å²) in [5.74, 6) is 0.368. The lowest BCUT2D eigenvalue weighted by Gasteiger charge is -2.29. The van der Waals surface area contributed by atoms with E-state index in [2.05, 4.69) is 17.2 Å². The summed E-state index contributed by atoms with van der Waals surface area (Å²) >= 11 is 0. The molecule has 1 aliphatic rings. The first kappa shape index (κ1) is 19.6. The number of hydrogen-bond donors (Lipinski definition) is 1. The molecule has 0 aliphatic carbocycles. The third-order valence-electron chi connectivity index (χ3n) is 4.93. The van der Waals surface area contributed by atoms with Crippen molar-refractivity contribution in [2.24, 2.45) is 5.92 Å². The maximum absolute atomic E-state index is 12.7. The van der Waals surface area contributed by atoms with Crippen LogP contribution >= 0.6 is 0 Å². The fraction of sp³-hybridized carbons (Fsp3) is 0.474. The van der Waals surface area contributed by atoms with E-state index in [1.54, 1.807) is 24.7 Å². The molecule has 7 nitrogen and oxygen atoms in total. The van der Waals surface area contributed by atoms with Crippen molar-refractivity contribution in [3.63, 3.8) is 0 Å². The van der Waals surface area contributed by atoms with E-state index in [9.17, 15) is 13.2 Å². The number of nitrogens with one attached hydrogen (secondary N) is 1. The predicted octanol–water partition coefficient (Wildman–Crippen LogP) is 2.12. The molecule has 1 fully saturated rings. The number of aryl methyl sites for hydroxylation is 1. The van der Waals surface area contributed by atoms with E-state index in [1.807, 2.05) is 10.8 Å². The van der Waals surface area contributed by atoms with Crippen molar-refractivity contribution in [2.45, 2.75) is 37.6 Å². The SMILES string of the molecule is CC1CCN(S(=O)(=O)c2ccc(C(=O)NCCCn3ccnc3)cc2)CC1. The Labute approximate surface area is 160 Å². The van der Waals surface area contributed by atoms with Gasteiger partial charge in [0.15, 0.2) is 0 Å². The lowest BCUT2D eigenvalue weighted by Crippen LogP contribution is -2.37. The van der Waals surface area contributed by atoms with Crippen LogP contribution in [0.3, 0.4) is 0 Å². The molecule has 0 radical (unpaired) electrons. The fourth-order valence-electron chi connectivity index (χ4n) is 3.14. The number of rotatable bonds is 7. The Hall–Kier alpha value is -2.19. The predicted molar refractivity (Wildman–Crippen MR) is 103 cm³/mol. The number of hydrogen-bond acceptors (Lipinski definition) is 4. The quantitative estimate of drug-likeness (QED) is 0.734. The monoisotopic (exact) mass is 390 g/mol. The summed E-state index contributed by atoms with van der Waals surface area (Å²) in [5.41, 5.74) is 0.462. The van der Waals surface area contributed by atoms with Crippen LogP contribution < -0.4 is 5.32 Å². The third-order valence-corrected chi connectivity index (χ3v) is 6.85. The molecular formula is C19H26N4O3S. The Morgan fingerprint density at radius 3 is 2.56 bits per heavy atom. The largest absolute Gasteiger partial charge is 0.352 e. The summed E-state index contributed by atoms with van der Waals surface area (Å²) in [5, 5.41) is 2.86. The molecular weight excluding hydrogens is 364 g/mol. The van der Waals surface area contributed by atoms with Crippen LogP contribution in [0.5, 0.6) is 0 Å². The molecule has 2 heterocycles. The molecule has 2 aromatic rings. The molecule has 3 rings (SSSR count). The highest BCUT2D eigenvalue weighted by atomic mass is 32.2. The number of piperidine rings is 1. The van der Waals surface area contributed by atoms with E-state index < -0.39 is 10.0 Å². The second kappa shape index (κ2) is 8.67. The molecule has 1 aliphatic heterocycles. The fourth-order valence-corrected chi connectivity index (χ4v) is 4.61. The molecule has 0 unspecified atom stereocenters. The molecule has 8 heteroatoms. The summed E-state index contributed by atoms with van der Waals surface area (Å²) in [7, 11) is -3.48. The number of nitrogens with zero attached hydrogens (tertiary/aromatic N) is 3. The Morgan fingerprint density at radius 1 is 1.22 bits per heavy atom. The minimum absolute atomic E-state index is 0.198. The van der Waals surface area contributed by atoms with Crippen molar-refractivity contribution >= 4 is 15.9 Å². The molecule has 1 N–H and O–H groups in total. The van der Waals surface area contributed by atoms with E-state index in [0.29, 0.717) is 31.1 Å². The zero-order chi connectivity index (χ0) is 19.3. The topological polar surface area (TPSA) is 84.3 Å². The number of carbonyl (C=O) groups excluding carboxylic acids is 1. The van der Waals surface area contributed by atoms with Crippen LogP contribution in [0.4, 0.5) is 0 Å².